The Hall–Kier alpha value is -1.81. The molecular weight excluding hydrogens is 231 g/mol. The van der Waals surface area contributed by atoms with Crippen LogP contribution in [0.5, 0.6) is 0 Å². The Kier molecular flexibility index (Phi) is 2.92. The van der Waals surface area contributed by atoms with Gasteiger partial charge in [0.05, 0.1) is 11.2 Å². The summed E-state index contributed by atoms with van der Waals surface area (Å²) in [4.78, 5) is 19.4. The summed E-state index contributed by atoms with van der Waals surface area (Å²) in [6, 6.07) is 3.86. The molecule has 0 saturated heterocycles. The average Bonchev–Trinajstić information content (AvgIpc) is 2.33. The van der Waals surface area contributed by atoms with Gasteiger partial charge in [-0.3, -0.25) is 9.78 Å². The van der Waals surface area contributed by atoms with Crippen molar-refractivity contribution in [3.63, 3.8) is 0 Å². The summed E-state index contributed by atoms with van der Waals surface area (Å²) in [5.41, 5.74) is 0.367. The Morgan fingerprint density at radius 2 is 2.12 bits per heavy atom. The molecule has 0 bridgehead atoms. The van der Waals surface area contributed by atoms with E-state index in [1.54, 1.807) is 0 Å². The van der Waals surface area contributed by atoms with Crippen molar-refractivity contribution in [3.05, 3.63) is 58.9 Å². The topological polar surface area (TPSA) is 42.9 Å². The number of hydrogen-bond acceptors (Lipinski definition) is 3. The molecule has 3 nitrogen and oxygen atoms in total. The van der Waals surface area contributed by atoms with Crippen LogP contribution in [-0.4, -0.2) is 15.8 Å². The van der Waals surface area contributed by atoms with Gasteiger partial charge in [0, 0.05) is 18.0 Å². The van der Waals surface area contributed by atoms with E-state index in [0.29, 0.717) is 0 Å². The molecule has 0 fully saturated rings. The van der Waals surface area contributed by atoms with Gasteiger partial charge in [0.25, 0.3) is 0 Å². The van der Waals surface area contributed by atoms with Crippen LogP contribution in [0.1, 0.15) is 16.1 Å². The van der Waals surface area contributed by atoms with Gasteiger partial charge in [-0.1, -0.05) is 11.6 Å². The van der Waals surface area contributed by atoms with E-state index in [-0.39, 0.29) is 22.1 Å². The Morgan fingerprint density at radius 3 is 2.75 bits per heavy atom. The number of hydrogen-bond donors (Lipinski definition) is 0. The fourth-order valence-electron chi connectivity index (χ4n) is 1.20. The van der Waals surface area contributed by atoms with Crippen LogP contribution in [0.25, 0.3) is 0 Å². The number of carbonyl (C=O) groups is 1. The number of halogens is 2. The number of aromatic nitrogens is 2. The highest BCUT2D eigenvalue weighted by molar-refractivity contribution is 6.30. The van der Waals surface area contributed by atoms with Crippen molar-refractivity contribution in [1.29, 1.82) is 0 Å². The molecule has 0 aliphatic carbocycles. The second kappa shape index (κ2) is 4.37. The lowest BCUT2D eigenvalue weighted by Crippen LogP contribution is -2.04. The monoisotopic (exact) mass is 236 g/mol. The van der Waals surface area contributed by atoms with E-state index in [1.165, 1.54) is 30.7 Å². The van der Waals surface area contributed by atoms with Crippen molar-refractivity contribution < 1.29 is 9.18 Å². The largest absolute Gasteiger partial charge is 0.287 e. The maximum Gasteiger partial charge on any atom is 0.213 e. The van der Waals surface area contributed by atoms with Gasteiger partial charge >= 0.3 is 0 Å². The standard InChI is InChI=1S/C11H6ClFN2O/c12-8-2-1-7(5-9(8)13)11(16)10-6-14-3-4-15-10/h1-6H. The molecule has 0 radical (unpaired) electrons. The van der Waals surface area contributed by atoms with Crippen LogP contribution in [0.15, 0.2) is 36.8 Å². The van der Waals surface area contributed by atoms with Crippen LogP contribution in [0.4, 0.5) is 4.39 Å². The minimum absolute atomic E-state index is 0.0179. The number of benzene rings is 1. The third-order valence-electron chi connectivity index (χ3n) is 1.98. The minimum Gasteiger partial charge on any atom is -0.287 e. The molecule has 2 aromatic rings. The number of nitrogens with zero attached hydrogens (tertiary/aromatic N) is 2. The maximum absolute atomic E-state index is 13.1. The maximum atomic E-state index is 13.1. The first-order valence-electron chi connectivity index (χ1n) is 4.44. The molecule has 0 aliphatic rings. The zero-order valence-electron chi connectivity index (χ0n) is 8.02. The fraction of sp³-hybridized carbons (Fsp3) is 0. The molecule has 0 atom stereocenters. The Balaban J connectivity index is 2.39. The summed E-state index contributed by atoms with van der Waals surface area (Å²) >= 11 is 5.52. The van der Waals surface area contributed by atoms with Crippen LogP contribution >= 0.6 is 11.6 Å². The summed E-state index contributed by atoms with van der Waals surface area (Å²) < 4.78 is 13.1. The zero-order valence-corrected chi connectivity index (χ0v) is 8.78. The molecule has 0 aliphatic heterocycles. The highest BCUT2D eigenvalue weighted by Gasteiger charge is 2.12. The van der Waals surface area contributed by atoms with Gasteiger partial charge in [-0.2, -0.15) is 0 Å². The molecule has 0 saturated carbocycles. The zero-order chi connectivity index (χ0) is 11.5. The predicted molar refractivity (Wildman–Crippen MR) is 56.9 cm³/mol. The number of ketones is 1. The first-order valence-corrected chi connectivity index (χ1v) is 4.82. The fourth-order valence-corrected chi connectivity index (χ4v) is 1.32. The molecule has 16 heavy (non-hydrogen) atoms. The third kappa shape index (κ3) is 2.06. The highest BCUT2D eigenvalue weighted by atomic mass is 35.5. The summed E-state index contributed by atoms with van der Waals surface area (Å²) in [6.07, 6.45) is 4.19. The molecule has 2 rings (SSSR count). The Morgan fingerprint density at radius 1 is 1.31 bits per heavy atom. The molecule has 0 unspecified atom stereocenters. The van der Waals surface area contributed by atoms with Crippen LogP contribution in [0.2, 0.25) is 5.02 Å². The Labute approximate surface area is 95.9 Å². The second-order valence-electron chi connectivity index (χ2n) is 3.05. The smallest absolute Gasteiger partial charge is 0.213 e. The molecule has 80 valence electrons. The summed E-state index contributed by atoms with van der Waals surface area (Å²) in [5.74, 6) is -1.01. The number of rotatable bonds is 2. The van der Waals surface area contributed by atoms with Crippen molar-refractivity contribution in [2.75, 3.05) is 0 Å². The van der Waals surface area contributed by atoms with Gasteiger partial charge in [0.15, 0.2) is 0 Å². The summed E-state index contributed by atoms with van der Waals surface area (Å²) in [6.45, 7) is 0. The second-order valence-corrected chi connectivity index (χ2v) is 3.46. The summed E-state index contributed by atoms with van der Waals surface area (Å²) in [7, 11) is 0. The molecule has 1 aromatic heterocycles. The van der Waals surface area contributed by atoms with Crippen molar-refractivity contribution in [1.82, 2.24) is 9.97 Å². The molecule has 0 spiro atoms. The van der Waals surface area contributed by atoms with Crippen molar-refractivity contribution >= 4 is 17.4 Å². The predicted octanol–water partition coefficient (Wildman–Crippen LogP) is 2.50. The van der Waals surface area contributed by atoms with Gasteiger partial charge in [-0.15, -0.1) is 0 Å². The van der Waals surface area contributed by atoms with Gasteiger partial charge in [0.1, 0.15) is 11.5 Å². The normalized spacial score (nSPS) is 10.1. The lowest BCUT2D eigenvalue weighted by Gasteiger charge is -2.00. The first kappa shape index (κ1) is 10.7. The third-order valence-corrected chi connectivity index (χ3v) is 2.28. The molecule has 0 amide bonds. The SMILES string of the molecule is O=C(c1ccc(Cl)c(F)c1)c1cnccn1. The van der Waals surface area contributed by atoms with Gasteiger partial charge in [-0.05, 0) is 18.2 Å². The lowest BCUT2D eigenvalue weighted by atomic mass is 10.1. The Bertz CT molecular complexity index is 531. The van der Waals surface area contributed by atoms with Crippen LogP contribution in [0, 0.1) is 5.82 Å². The van der Waals surface area contributed by atoms with Crippen molar-refractivity contribution in [3.8, 4) is 0 Å². The molecule has 1 heterocycles. The number of carbonyl (C=O) groups excluding carboxylic acids is 1. The van der Waals surface area contributed by atoms with Crippen molar-refractivity contribution in [2.24, 2.45) is 0 Å². The van der Waals surface area contributed by atoms with E-state index in [9.17, 15) is 9.18 Å². The quantitative estimate of drug-likeness (QED) is 0.753. The van der Waals surface area contributed by atoms with E-state index in [1.807, 2.05) is 0 Å². The van der Waals surface area contributed by atoms with Crippen molar-refractivity contribution in [2.45, 2.75) is 0 Å². The van der Waals surface area contributed by atoms with E-state index < -0.39 is 5.82 Å². The van der Waals surface area contributed by atoms with E-state index in [4.69, 9.17) is 11.6 Å². The van der Waals surface area contributed by atoms with E-state index >= 15 is 0 Å². The lowest BCUT2D eigenvalue weighted by molar-refractivity contribution is 0.103. The first-order chi connectivity index (χ1) is 7.68. The van der Waals surface area contributed by atoms with Crippen LogP contribution < -0.4 is 0 Å². The molecule has 1 aromatic carbocycles. The van der Waals surface area contributed by atoms with Gasteiger partial charge in [-0.25, -0.2) is 9.37 Å². The van der Waals surface area contributed by atoms with Gasteiger partial charge < -0.3 is 0 Å². The van der Waals surface area contributed by atoms with Crippen LogP contribution in [-0.2, 0) is 0 Å². The summed E-state index contributed by atoms with van der Waals surface area (Å²) in [5, 5.41) is -0.0179. The molecular formula is C11H6ClFN2O. The van der Waals surface area contributed by atoms with Crippen LogP contribution in [0.3, 0.4) is 0 Å². The minimum atomic E-state index is -0.628. The highest BCUT2D eigenvalue weighted by Crippen LogP contribution is 2.17. The van der Waals surface area contributed by atoms with Gasteiger partial charge in [0.2, 0.25) is 5.78 Å². The average molecular weight is 237 g/mol. The van der Waals surface area contributed by atoms with E-state index in [2.05, 4.69) is 9.97 Å². The molecule has 0 N–H and O–H groups in total. The van der Waals surface area contributed by atoms with E-state index in [0.717, 1.165) is 6.07 Å². The molecule has 5 heteroatoms.